The zero-order valence-electron chi connectivity index (χ0n) is 11.8. The summed E-state index contributed by atoms with van der Waals surface area (Å²) in [6.45, 7) is 6.96. The Morgan fingerprint density at radius 3 is 2.47 bits per heavy atom. The second-order valence-corrected chi connectivity index (χ2v) is 5.74. The summed E-state index contributed by atoms with van der Waals surface area (Å²) >= 11 is 0. The third-order valence-electron chi connectivity index (χ3n) is 3.70. The van der Waals surface area contributed by atoms with Gasteiger partial charge in [-0.1, -0.05) is 19.3 Å². The van der Waals surface area contributed by atoms with Crippen LogP contribution >= 0.6 is 0 Å². The third kappa shape index (κ3) is 6.39. The monoisotopic (exact) mass is 242 g/mol. The first-order valence-electron chi connectivity index (χ1n) is 7.15. The maximum Gasteiger partial charge on any atom is 0.0596 e. The molecule has 1 saturated carbocycles. The average molecular weight is 242 g/mol. The summed E-state index contributed by atoms with van der Waals surface area (Å²) in [5.74, 6) is 0.747. The van der Waals surface area contributed by atoms with Crippen LogP contribution in [0.4, 0.5) is 0 Å². The van der Waals surface area contributed by atoms with Gasteiger partial charge in [-0.15, -0.1) is 0 Å². The second kappa shape index (κ2) is 8.06. The van der Waals surface area contributed by atoms with E-state index in [-0.39, 0.29) is 0 Å². The van der Waals surface area contributed by atoms with E-state index in [9.17, 15) is 0 Å². The van der Waals surface area contributed by atoms with E-state index in [4.69, 9.17) is 10.5 Å². The summed E-state index contributed by atoms with van der Waals surface area (Å²) in [5.41, 5.74) is 6.30. The van der Waals surface area contributed by atoms with Gasteiger partial charge in [0, 0.05) is 19.1 Å². The molecule has 1 aliphatic rings. The lowest BCUT2D eigenvalue weighted by atomic mass is 9.84. The SMILES string of the molecule is CC(C)OCCN(C)CC(N)C1CCCCC1. The molecular formula is C14H30N2O. The highest BCUT2D eigenvalue weighted by Gasteiger charge is 2.21. The number of nitrogens with zero attached hydrogens (tertiary/aromatic N) is 1. The molecule has 1 rings (SSSR count). The van der Waals surface area contributed by atoms with Gasteiger partial charge < -0.3 is 15.4 Å². The van der Waals surface area contributed by atoms with Crippen LogP contribution in [0.5, 0.6) is 0 Å². The maximum atomic E-state index is 6.30. The van der Waals surface area contributed by atoms with Gasteiger partial charge in [0.25, 0.3) is 0 Å². The summed E-state index contributed by atoms with van der Waals surface area (Å²) < 4.78 is 5.56. The van der Waals surface area contributed by atoms with Crippen LogP contribution in [0.2, 0.25) is 0 Å². The van der Waals surface area contributed by atoms with Gasteiger partial charge in [0.1, 0.15) is 0 Å². The lowest BCUT2D eigenvalue weighted by Crippen LogP contribution is -2.42. The molecular weight excluding hydrogens is 212 g/mol. The molecule has 1 atom stereocenters. The Balaban J connectivity index is 2.13. The summed E-state index contributed by atoms with van der Waals surface area (Å²) in [4.78, 5) is 2.31. The van der Waals surface area contributed by atoms with Gasteiger partial charge in [0.15, 0.2) is 0 Å². The summed E-state index contributed by atoms with van der Waals surface area (Å²) in [6, 6.07) is 0.347. The molecule has 0 saturated heterocycles. The molecule has 2 N–H and O–H groups in total. The van der Waals surface area contributed by atoms with Gasteiger partial charge in [-0.3, -0.25) is 0 Å². The number of hydrogen-bond acceptors (Lipinski definition) is 3. The molecule has 0 amide bonds. The predicted octanol–water partition coefficient (Wildman–Crippen LogP) is 2.25. The smallest absolute Gasteiger partial charge is 0.0596 e. The molecule has 0 radical (unpaired) electrons. The fourth-order valence-electron chi connectivity index (χ4n) is 2.61. The minimum Gasteiger partial charge on any atom is -0.377 e. The van der Waals surface area contributed by atoms with E-state index in [0.29, 0.717) is 12.1 Å². The van der Waals surface area contributed by atoms with Crippen LogP contribution in [0.1, 0.15) is 46.0 Å². The molecule has 0 aliphatic heterocycles. The molecule has 0 spiro atoms. The Morgan fingerprint density at radius 2 is 1.88 bits per heavy atom. The molecule has 0 bridgehead atoms. The van der Waals surface area contributed by atoms with Crippen molar-refractivity contribution in [3.63, 3.8) is 0 Å². The largest absolute Gasteiger partial charge is 0.377 e. The maximum absolute atomic E-state index is 6.30. The van der Waals surface area contributed by atoms with Gasteiger partial charge in [-0.2, -0.15) is 0 Å². The van der Waals surface area contributed by atoms with Crippen LogP contribution in [0.15, 0.2) is 0 Å². The molecule has 3 nitrogen and oxygen atoms in total. The standard InChI is InChI=1S/C14H30N2O/c1-12(2)17-10-9-16(3)11-14(15)13-7-5-4-6-8-13/h12-14H,4-11,15H2,1-3H3. The number of ether oxygens (including phenoxy) is 1. The van der Waals surface area contributed by atoms with E-state index in [1.54, 1.807) is 0 Å². The van der Waals surface area contributed by atoms with E-state index in [1.807, 2.05) is 0 Å². The van der Waals surface area contributed by atoms with Crippen molar-refractivity contribution in [1.29, 1.82) is 0 Å². The average Bonchev–Trinajstić information content (AvgIpc) is 2.29. The molecule has 3 heteroatoms. The van der Waals surface area contributed by atoms with Crippen LogP contribution in [-0.2, 0) is 4.74 Å². The van der Waals surface area contributed by atoms with Crippen molar-refractivity contribution in [2.75, 3.05) is 26.7 Å². The minimum atomic E-state index is 0.329. The van der Waals surface area contributed by atoms with E-state index in [1.165, 1.54) is 32.1 Å². The summed E-state index contributed by atoms with van der Waals surface area (Å²) in [5, 5.41) is 0. The lowest BCUT2D eigenvalue weighted by Gasteiger charge is -2.30. The van der Waals surface area contributed by atoms with Crippen LogP contribution in [-0.4, -0.2) is 43.8 Å². The fourth-order valence-corrected chi connectivity index (χ4v) is 2.61. The summed E-state index contributed by atoms with van der Waals surface area (Å²) in [7, 11) is 2.15. The normalized spacial score (nSPS) is 20.1. The van der Waals surface area contributed by atoms with Crippen LogP contribution < -0.4 is 5.73 Å². The Morgan fingerprint density at radius 1 is 1.24 bits per heavy atom. The highest BCUT2D eigenvalue weighted by atomic mass is 16.5. The van der Waals surface area contributed by atoms with Gasteiger partial charge in [0.2, 0.25) is 0 Å². The van der Waals surface area contributed by atoms with Gasteiger partial charge >= 0.3 is 0 Å². The van der Waals surface area contributed by atoms with Crippen molar-refractivity contribution >= 4 is 0 Å². The fraction of sp³-hybridized carbons (Fsp3) is 1.00. The highest BCUT2D eigenvalue weighted by Crippen LogP contribution is 2.25. The molecule has 1 fully saturated rings. The van der Waals surface area contributed by atoms with E-state index < -0.39 is 0 Å². The Bertz CT molecular complexity index is 191. The number of rotatable bonds is 7. The number of likely N-dealkylation sites (N-methyl/N-ethyl adjacent to an activating group) is 1. The Kier molecular flexibility index (Phi) is 7.09. The van der Waals surface area contributed by atoms with E-state index >= 15 is 0 Å². The van der Waals surface area contributed by atoms with Crippen molar-refractivity contribution in [2.45, 2.75) is 58.1 Å². The van der Waals surface area contributed by atoms with Crippen molar-refractivity contribution in [1.82, 2.24) is 4.90 Å². The van der Waals surface area contributed by atoms with Crippen molar-refractivity contribution in [3.05, 3.63) is 0 Å². The van der Waals surface area contributed by atoms with Gasteiger partial charge in [-0.25, -0.2) is 0 Å². The zero-order valence-corrected chi connectivity index (χ0v) is 11.8. The highest BCUT2D eigenvalue weighted by molar-refractivity contribution is 4.78. The molecule has 0 aromatic rings. The molecule has 0 heterocycles. The predicted molar refractivity (Wildman–Crippen MR) is 73.1 cm³/mol. The molecule has 0 aromatic carbocycles. The van der Waals surface area contributed by atoms with Crippen LogP contribution in [0.3, 0.4) is 0 Å². The van der Waals surface area contributed by atoms with Gasteiger partial charge in [-0.05, 0) is 39.7 Å². The van der Waals surface area contributed by atoms with E-state index in [2.05, 4.69) is 25.8 Å². The van der Waals surface area contributed by atoms with E-state index in [0.717, 1.165) is 25.6 Å². The first-order chi connectivity index (χ1) is 8.09. The topological polar surface area (TPSA) is 38.5 Å². The molecule has 102 valence electrons. The Hall–Kier alpha value is -0.120. The number of hydrogen-bond donors (Lipinski definition) is 1. The second-order valence-electron chi connectivity index (χ2n) is 5.74. The summed E-state index contributed by atoms with van der Waals surface area (Å²) in [6.07, 6.45) is 7.14. The molecule has 1 aliphatic carbocycles. The first kappa shape index (κ1) is 14.9. The van der Waals surface area contributed by atoms with Crippen LogP contribution in [0, 0.1) is 5.92 Å². The zero-order chi connectivity index (χ0) is 12.7. The molecule has 1 unspecified atom stereocenters. The van der Waals surface area contributed by atoms with Gasteiger partial charge in [0.05, 0.1) is 12.7 Å². The molecule has 0 aromatic heterocycles. The Labute approximate surface area is 107 Å². The first-order valence-corrected chi connectivity index (χ1v) is 7.15. The quantitative estimate of drug-likeness (QED) is 0.744. The van der Waals surface area contributed by atoms with Crippen LogP contribution in [0.25, 0.3) is 0 Å². The minimum absolute atomic E-state index is 0.329. The van der Waals surface area contributed by atoms with Crippen molar-refractivity contribution in [3.8, 4) is 0 Å². The molecule has 17 heavy (non-hydrogen) atoms. The lowest BCUT2D eigenvalue weighted by molar-refractivity contribution is 0.0613. The van der Waals surface area contributed by atoms with Crippen molar-refractivity contribution in [2.24, 2.45) is 11.7 Å². The third-order valence-corrected chi connectivity index (χ3v) is 3.70. The number of nitrogens with two attached hydrogens (primary N) is 1. The van der Waals surface area contributed by atoms with Crippen molar-refractivity contribution < 1.29 is 4.74 Å².